The highest BCUT2D eigenvalue weighted by Crippen LogP contribution is 2.52. The lowest BCUT2D eigenvalue weighted by atomic mass is 10.1. The average Bonchev–Trinajstić information content (AvgIpc) is 3.19. The third kappa shape index (κ3) is 2.20. The number of imidazole rings is 1. The highest BCUT2D eigenvalue weighted by molar-refractivity contribution is 7.71. The number of nitrogens with one attached hydrogen (secondary N) is 1. The van der Waals surface area contributed by atoms with Crippen molar-refractivity contribution in [1.29, 1.82) is 0 Å². The first-order chi connectivity index (χ1) is 10.1. The molecule has 1 N–H and O–H groups in total. The average molecular weight is 335 g/mol. The van der Waals surface area contributed by atoms with E-state index in [0.29, 0.717) is 22.0 Å². The third-order valence-electron chi connectivity index (χ3n) is 4.07. The maximum absolute atomic E-state index is 6.15. The van der Waals surface area contributed by atoms with Crippen molar-refractivity contribution in [2.45, 2.75) is 18.4 Å². The smallest absolute Gasteiger partial charge is 0.178 e. The zero-order chi connectivity index (χ0) is 14.6. The van der Waals surface area contributed by atoms with Gasteiger partial charge in [0.1, 0.15) is 0 Å². The third-order valence-corrected chi connectivity index (χ3v) is 5.10. The quantitative estimate of drug-likeness (QED) is 0.593. The van der Waals surface area contributed by atoms with Crippen LogP contribution in [0.5, 0.6) is 0 Å². The number of nitrogens with zero attached hydrogens (tertiary/aromatic N) is 1. The number of fused-ring (bicyclic) bond motifs is 1. The van der Waals surface area contributed by atoms with E-state index >= 15 is 0 Å². The van der Waals surface area contributed by atoms with Gasteiger partial charge < -0.3 is 9.55 Å². The highest BCUT2D eigenvalue weighted by Gasteiger charge is 2.41. The molecule has 1 heterocycles. The number of hydrogen-bond donors (Lipinski definition) is 1. The SMILES string of the molecule is S=c1[nH]c2cc(Cl)c(Cl)cc2n1C1CC1c1ccccc1. The van der Waals surface area contributed by atoms with Gasteiger partial charge in [-0.1, -0.05) is 53.5 Å². The van der Waals surface area contributed by atoms with Crippen LogP contribution in [0, 0.1) is 4.77 Å². The summed E-state index contributed by atoms with van der Waals surface area (Å²) in [5, 5.41) is 1.10. The van der Waals surface area contributed by atoms with E-state index in [4.69, 9.17) is 35.4 Å². The van der Waals surface area contributed by atoms with Gasteiger partial charge >= 0.3 is 0 Å². The summed E-state index contributed by atoms with van der Waals surface area (Å²) in [6, 6.07) is 14.7. The van der Waals surface area contributed by atoms with Gasteiger partial charge in [-0.15, -0.1) is 0 Å². The van der Waals surface area contributed by atoms with E-state index in [9.17, 15) is 0 Å². The minimum absolute atomic E-state index is 0.394. The Kier molecular flexibility index (Phi) is 3.10. The van der Waals surface area contributed by atoms with Crippen LogP contribution in [0.15, 0.2) is 42.5 Å². The van der Waals surface area contributed by atoms with Crippen molar-refractivity contribution in [3.63, 3.8) is 0 Å². The van der Waals surface area contributed by atoms with Crippen molar-refractivity contribution in [1.82, 2.24) is 9.55 Å². The van der Waals surface area contributed by atoms with Crippen LogP contribution in [-0.4, -0.2) is 9.55 Å². The second-order valence-corrected chi connectivity index (χ2v) is 6.60. The Morgan fingerprint density at radius 1 is 1.10 bits per heavy atom. The summed E-state index contributed by atoms with van der Waals surface area (Å²) in [6.45, 7) is 0. The molecule has 0 bridgehead atoms. The molecule has 5 heteroatoms. The molecule has 0 radical (unpaired) electrons. The van der Waals surface area contributed by atoms with E-state index < -0.39 is 0 Å². The maximum Gasteiger partial charge on any atom is 0.178 e. The van der Waals surface area contributed by atoms with Gasteiger partial charge in [-0.25, -0.2) is 0 Å². The lowest BCUT2D eigenvalue weighted by Gasteiger charge is -2.05. The predicted molar refractivity (Wildman–Crippen MR) is 90.0 cm³/mol. The molecule has 2 aromatic carbocycles. The normalized spacial score (nSPS) is 20.9. The Morgan fingerprint density at radius 3 is 2.57 bits per heavy atom. The Labute approximate surface area is 137 Å². The Morgan fingerprint density at radius 2 is 1.81 bits per heavy atom. The molecular formula is C16H12Cl2N2S. The number of hydrogen-bond acceptors (Lipinski definition) is 1. The van der Waals surface area contributed by atoms with Crippen molar-refractivity contribution in [3.8, 4) is 0 Å². The predicted octanol–water partition coefficient (Wildman–Crippen LogP) is 5.73. The molecule has 1 saturated carbocycles. The van der Waals surface area contributed by atoms with Crippen LogP contribution in [0.2, 0.25) is 10.0 Å². The minimum Gasteiger partial charge on any atom is -0.331 e. The zero-order valence-corrected chi connectivity index (χ0v) is 13.3. The van der Waals surface area contributed by atoms with Gasteiger partial charge in [0.2, 0.25) is 0 Å². The maximum atomic E-state index is 6.15. The number of H-pyrrole nitrogens is 1. The summed E-state index contributed by atoms with van der Waals surface area (Å²) < 4.78 is 2.90. The van der Waals surface area contributed by atoms with E-state index in [1.54, 1.807) is 0 Å². The second kappa shape index (κ2) is 4.87. The summed E-state index contributed by atoms with van der Waals surface area (Å²) in [6.07, 6.45) is 1.10. The fourth-order valence-corrected chi connectivity index (χ4v) is 3.64. The lowest BCUT2D eigenvalue weighted by Crippen LogP contribution is -1.96. The van der Waals surface area contributed by atoms with Crippen LogP contribution in [0.4, 0.5) is 0 Å². The van der Waals surface area contributed by atoms with Gasteiger partial charge in [-0.05, 0) is 36.3 Å². The molecule has 1 fully saturated rings. The van der Waals surface area contributed by atoms with Crippen LogP contribution in [0.25, 0.3) is 11.0 Å². The Bertz CT molecular complexity index is 882. The van der Waals surface area contributed by atoms with Crippen molar-refractivity contribution in [2.75, 3.05) is 0 Å². The standard InChI is InChI=1S/C16H12Cl2N2S/c17-11-7-13-15(8-12(11)18)20(16(21)19-13)14-6-10(14)9-4-2-1-3-5-9/h1-5,7-8,10,14H,6H2,(H,19,21). The second-order valence-electron chi connectivity index (χ2n) is 5.40. The van der Waals surface area contributed by atoms with Crippen molar-refractivity contribution >= 4 is 46.5 Å². The van der Waals surface area contributed by atoms with Gasteiger partial charge in [0.25, 0.3) is 0 Å². The van der Waals surface area contributed by atoms with Crippen molar-refractivity contribution < 1.29 is 0 Å². The number of aromatic amines is 1. The zero-order valence-electron chi connectivity index (χ0n) is 11.0. The van der Waals surface area contributed by atoms with Gasteiger partial charge in [0, 0.05) is 12.0 Å². The summed E-state index contributed by atoms with van der Waals surface area (Å²) in [4.78, 5) is 3.22. The molecule has 21 heavy (non-hydrogen) atoms. The topological polar surface area (TPSA) is 20.7 Å². The fourth-order valence-electron chi connectivity index (χ4n) is 2.98. The molecule has 0 aliphatic heterocycles. The van der Waals surface area contributed by atoms with E-state index in [1.165, 1.54) is 5.56 Å². The van der Waals surface area contributed by atoms with Crippen molar-refractivity contribution in [3.05, 3.63) is 62.8 Å². The van der Waals surface area contributed by atoms with Crippen LogP contribution in [0.3, 0.4) is 0 Å². The molecule has 0 amide bonds. The van der Waals surface area contributed by atoms with Gasteiger partial charge in [0.05, 0.1) is 21.1 Å². The monoisotopic (exact) mass is 334 g/mol. The Hall–Kier alpha value is -1.29. The molecule has 2 unspecified atom stereocenters. The molecule has 2 nitrogen and oxygen atoms in total. The first-order valence-corrected chi connectivity index (χ1v) is 7.96. The van der Waals surface area contributed by atoms with Crippen LogP contribution in [-0.2, 0) is 0 Å². The number of benzene rings is 2. The molecule has 1 aliphatic rings. The molecule has 1 aromatic heterocycles. The van der Waals surface area contributed by atoms with E-state index in [1.807, 2.05) is 18.2 Å². The summed E-state index contributed by atoms with van der Waals surface area (Å²) >= 11 is 17.7. The van der Waals surface area contributed by atoms with E-state index in [0.717, 1.165) is 22.2 Å². The lowest BCUT2D eigenvalue weighted by molar-refractivity contribution is 0.728. The van der Waals surface area contributed by atoms with Crippen LogP contribution < -0.4 is 0 Å². The van der Waals surface area contributed by atoms with E-state index in [-0.39, 0.29) is 0 Å². The molecule has 0 saturated heterocycles. The Balaban J connectivity index is 1.80. The van der Waals surface area contributed by atoms with Gasteiger partial charge in [-0.3, -0.25) is 0 Å². The molecule has 4 rings (SSSR count). The summed E-state index contributed by atoms with van der Waals surface area (Å²) in [5.74, 6) is 0.520. The molecule has 0 spiro atoms. The fraction of sp³-hybridized carbons (Fsp3) is 0.188. The van der Waals surface area contributed by atoms with Crippen LogP contribution in [0.1, 0.15) is 23.9 Å². The summed E-state index contributed by atoms with van der Waals surface area (Å²) in [5.41, 5.74) is 3.32. The number of aromatic nitrogens is 2. The van der Waals surface area contributed by atoms with Crippen molar-refractivity contribution in [2.24, 2.45) is 0 Å². The molecule has 106 valence electrons. The van der Waals surface area contributed by atoms with Crippen LogP contribution >= 0.6 is 35.4 Å². The molecule has 3 aromatic rings. The highest BCUT2D eigenvalue weighted by atomic mass is 35.5. The largest absolute Gasteiger partial charge is 0.331 e. The number of rotatable bonds is 2. The molecular weight excluding hydrogens is 323 g/mol. The summed E-state index contributed by atoms with van der Waals surface area (Å²) in [7, 11) is 0. The molecule has 1 aliphatic carbocycles. The molecule has 2 atom stereocenters. The first-order valence-electron chi connectivity index (χ1n) is 6.79. The first kappa shape index (κ1) is 13.4. The van der Waals surface area contributed by atoms with Gasteiger partial charge in [-0.2, -0.15) is 0 Å². The van der Waals surface area contributed by atoms with E-state index in [2.05, 4.69) is 33.8 Å². The van der Waals surface area contributed by atoms with Gasteiger partial charge in [0.15, 0.2) is 4.77 Å². The minimum atomic E-state index is 0.394. The number of halogens is 2.